The number of hydrogen-bond donors (Lipinski definition) is 1. The molecule has 1 amide bonds. The van der Waals surface area contributed by atoms with Crippen molar-refractivity contribution in [2.75, 3.05) is 5.75 Å². The molecule has 0 saturated heterocycles. The second-order valence-corrected chi connectivity index (χ2v) is 7.72. The molecule has 0 bridgehead atoms. The van der Waals surface area contributed by atoms with E-state index in [4.69, 9.17) is 0 Å². The summed E-state index contributed by atoms with van der Waals surface area (Å²) in [6.07, 6.45) is 0. The Hall–Kier alpha value is -2.53. The predicted molar refractivity (Wildman–Crippen MR) is 111 cm³/mol. The van der Waals surface area contributed by atoms with E-state index < -0.39 is 0 Å². The zero-order chi connectivity index (χ0) is 19.2. The van der Waals surface area contributed by atoms with E-state index in [-0.39, 0.29) is 5.91 Å². The second kappa shape index (κ2) is 8.91. The number of nitrogens with zero attached hydrogens (tertiary/aromatic N) is 2. The molecule has 140 valence electrons. The summed E-state index contributed by atoms with van der Waals surface area (Å²) in [6, 6.07) is 18.5. The Morgan fingerprint density at radius 1 is 1.04 bits per heavy atom. The summed E-state index contributed by atoms with van der Waals surface area (Å²) < 4.78 is 2.01. The van der Waals surface area contributed by atoms with Crippen LogP contribution in [0.25, 0.3) is 0 Å². The highest BCUT2D eigenvalue weighted by Crippen LogP contribution is 2.18. The van der Waals surface area contributed by atoms with Crippen molar-refractivity contribution in [1.82, 2.24) is 15.1 Å². The van der Waals surface area contributed by atoms with Crippen LogP contribution < -0.4 is 5.32 Å². The molecular formula is C22H25N3OS. The van der Waals surface area contributed by atoms with E-state index in [2.05, 4.69) is 60.7 Å². The first kappa shape index (κ1) is 19.2. The van der Waals surface area contributed by atoms with Gasteiger partial charge in [0, 0.05) is 22.7 Å². The fourth-order valence-corrected chi connectivity index (χ4v) is 3.65. The van der Waals surface area contributed by atoms with Crippen LogP contribution in [0.15, 0.2) is 59.5 Å². The van der Waals surface area contributed by atoms with Crippen LogP contribution in [0.4, 0.5) is 0 Å². The minimum Gasteiger partial charge on any atom is -0.351 e. The SMILES string of the molecule is Cc1ccc(SCC(=O)NCc2c(C)nn(Cc3ccccc3)c2C)cc1. The molecule has 5 heteroatoms. The number of thioether (sulfide) groups is 1. The van der Waals surface area contributed by atoms with Crippen LogP contribution >= 0.6 is 11.8 Å². The molecule has 0 unspecified atom stereocenters. The highest BCUT2D eigenvalue weighted by atomic mass is 32.2. The number of hydrogen-bond acceptors (Lipinski definition) is 3. The molecule has 0 spiro atoms. The fraction of sp³-hybridized carbons (Fsp3) is 0.273. The van der Waals surface area contributed by atoms with E-state index in [1.807, 2.05) is 29.8 Å². The van der Waals surface area contributed by atoms with E-state index in [0.29, 0.717) is 12.3 Å². The number of carbonyl (C=O) groups excluding carboxylic acids is 1. The average Bonchev–Trinajstić information content (AvgIpc) is 2.93. The van der Waals surface area contributed by atoms with Gasteiger partial charge in [-0.2, -0.15) is 5.10 Å². The molecule has 0 radical (unpaired) electrons. The number of aryl methyl sites for hydroxylation is 2. The highest BCUT2D eigenvalue weighted by molar-refractivity contribution is 8.00. The number of amides is 1. The molecule has 4 nitrogen and oxygen atoms in total. The molecule has 1 N–H and O–H groups in total. The molecule has 0 aliphatic carbocycles. The number of aromatic nitrogens is 2. The number of rotatable bonds is 7. The lowest BCUT2D eigenvalue weighted by Gasteiger charge is -2.08. The van der Waals surface area contributed by atoms with Gasteiger partial charge in [-0.25, -0.2) is 0 Å². The van der Waals surface area contributed by atoms with Gasteiger partial charge in [-0.05, 0) is 38.5 Å². The summed E-state index contributed by atoms with van der Waals surface area (Å²) in [7, 11) is 0. The molecule has 0 fully saturated rings. The summed E-state index contributed by atoms with van der Waals surface area (Å²) in [6.45, 7) is 7.37. The van der Waals surface area contributed by atoms with E-state index in [0.717, 1.165) is 28.4 Å². The van der Waals surface area contributed by atoms with Gasteiger partial charge in [-0.1, -0.05) is 48.0 Å². The van der Waals surface area contributed by atoms with Crippen molar-refractivity contribution in [3.63, 3.8) is 0 Å². The minimum atomic E-state index is 0.0372. The zero-order valence-electron chi connectivity index (χ0n) is 16.0. The summed E-state index contributed by atoms with van der Waals surface area (Å²) in [4.78, 5) is 13.3. The standard InChI is InChI=1S/C22H25N3OS/c1-16-9-11-20(12-10-16)27-15-22(26)23-13-21-17(2)24-25(18(21)3)14-19-7-5-4-6-8-19/h4-12H,13-15H2,1-3H3,(H,23,26). The first-order chi connectivity index (χ1) is 13.0. The third kappa shape index (κ3) is 5.23. The smallest absolute Gasteiger partial charge is 0.230 e. The third-order valence-corrected chi connectivity index (χ3v) is 5.57. The van der Waals surface area contributed by atoms with Gasteiger partial charge in [0.2, 0.25) is 5.91 Å². The maximum atomic E-state index is 12.2. The molecule has 3 rings (SSSR count). The van der Waals surface area contributed by atoms with Crippen LogP contribution in [0, 0.1) is 20.8 Å². The van der Waals surface area contributed by atoms with Crippen molar-refractivity contribution in [2.45, 2.75) is 38.8 Å². The molecule has 0 aliphatic heterocycles. The number of nitrogens with one attached hydrogen (secondary N) is 1. The van der Waals surface area contributed by atoms with Gasteiger partial charge in [-0.3, -0.25) is 9.48 Å². The summed E-state index contributed by atoms with van der Waals surface area (Å²) in [5.41, 5.74) is 5.60. The molecule has 2 aromatic carbocycles. The summed E-state index contributed by atoms with van der Waals surface area (Å²) in [5, 5.41) is 7.67. The van der Waals surface area contributed by atoms with Crippen molar-refractivity contribution in [3.8, 4) is 0 Å². The largest absolute Gasteiger partial charge is 0.351 e. The number of benzene rings is 2. The van der Waals surface area contributed by atoms with Gasteiger partial charge in [-0.15, -0.1) is 11.8 Å². The van der Waals surface area contributed by atoms with E-state index in [9.17, 15) is 4.79 Å². The number of carbonyl (C=O) groups is 1. The van der Waals surface area contributed by atoms with Crippen molar-refractivity contribution in [1.29, 1.82) is 0 Å². The molecule has 1 aromatic heterocycles. The lowest BCUT2D eigenvalue weighted by molar-refractivity contribution is -0.118. The van der Waals surface area contributed by atoms with Crippen LogP contribution in [-0.4, -0.2) is 21.4 Å². The quantitative estimate of drug-likeness (QED) is 0.624. The van der Waals surface area contributed by atoms with Gasteiger partial charge in [0.25, 0.3) is 0 Å². The first-order valence-corrected chi connectivity index (χ1v) is 10.0. The molecule has 0 aliphatic rings. The lowest BCUT2D eigenvalue weighted by atomic mass is 10.2. The van der Waals surface area contributed by atoms with Crippen molar-refractivity contribution in [2.24, 2.45) is 0 Å². The monoisotopic (exact) mass is 379 g/mol. The maximum absolute atomic E-state index is 12.2. The average molecular weight is 380 g/mol. The van der Waals surface area contributed by atoms with Gasteiger partial charge in [0.1, 0.15) is 0 Å². The predicted octanol–water partition coefficient (Wildman–Crippen LogP) is 4.27. The van der Waals surface area contributed by atoms with Crippen LogP contribution in [0.3, 0.4) is 0 Å². The molecule has 3 aromatic rings. The Morgan fingerprint density at radius 3 is 2.44 bits per heavy atom. The molecule has 0 atom stereocenters. The minimum absolute atomic E-state index is 0.0372. The fourth-order valence-electron chi connectivity index (χ4n) is 2.92. The van der Waals surface area contributed by atoms with E-state index in [1.54, 1.807) is 11.8 Å². The van der Waals surface area contributed by atoms with Crippen molar-refractivity contribution < 1.29 is 4.79 Å². The maximum Gasteiger partial charge on any atom is 0.230 e. The van der Waals surface area contributed by atoms with Crippen molar-refractivity contribution >= 4 is 17.7 Å². The van der Waals surface area contributed by atoms with Crippen LogP contribution in [0.5, 0.6) is 0 Å². The van der Waals surface area contributed by atoms with Crippen molar-refractivity contribution in [3.05, 3.63) is 82.7 Å². The summed E-state index contributed by atoms with van der Waals surface area (Å²) >= 11 is 1.55. The van der Waals surface area contributed by atoms with Gasteiger partial charge in [0.15, 0.2) is 0 Å². The second-order valence-electron chi connectivity index (χ2n) is 6.67. The Labute approximate surface area is 165 Å². The third-order valence-electron chi connectivity index (χ3n) is 4.56. The van der Waals surface area contributed by atoms with Crippen LogP contribution in [-0.2, 0) is 17.9 Å². The van der Waals surface area contributed by atoms with Crippen LogP contribution in [0.2, 0.25) is 0 Å². The van der Waals surface area contributed by atoms with Crippen LogP contribution in [0.1, 0.15) is 28.1 Å². The molecule has 27 heavy (non-hydrogen) atoms. The highest BCUT2D eigenvalue weighted by Gasteiger charge is 2.13. The zero-order valence-corrected chi connectivity index (χ0v) is 16.8. The molecule has 1 heterocycles. The Morgan fingerprint density at radius 2 is 1.74 bits per heavy atom. The Balaban J connectivity index is 1.55. The Bertz CT molecular complexity index is 901. The normalized spacial score (nSPS) is 10.8. The molecular weight excluding hydrogens is 354 g/mol. The Kier molecular flexibility index (Phi) is 6.35. The van der Waals surface area contributed by atoms with Gasteiger partial charge in [0.05, 0.1) is 18.0 Å². The van der Waals surface area contributed by atoms with Gasteiger partial charge < -0.3 is 5.32 Å². The molecule has 0 saturated carbocycles. The first-order valence-electron chi connectivity index (χ1n) is 9.06. The topological polar surface area (TPSA) is 46.9 Å². The van der Waals surface area contributed by atoms with Gasteiger partial charge >= 0.3 is 0 Å². The van der Waals surface area contributed by atoms with E-state index >= 15 is 0 Å². The lowest BCUT2D eigenvalue weighted by Crippen LogP contribution is -2.25. The van der Waals surface area contributed by atoms with E-state index in [1.165, 1.54) is 11.1 Å². The summed E-state index contributed by atoms with van der Waals surface area (Å²) in [5.74, 6) is 0.453.